The highest BCUT2D eigenvalue weighted by atomic mass is 16.5. The molecule has 1 aliphatic carbocycles. The van der Waals surface area contributed by atoms with Gasteiger partial charge in [-0.2, -0.15) is 0 Å². The normalized spacial score (nSPS) is 16.5. The fourth-order valence-corrected chi connectivity index (χ4v) is 4.88. The number of esters is 1. The van der Waals surface area contributed by atoms with E-state index in [9.17, 15) is 4.79 Å². The van der Waals surface area contributed by atoms with Crippen LogP contribution in [0.5, 0.6) is 5.75 Å². The van der Waals surface area contributed by atoms with E-state index < -0.39 is 0 Å². The van der Waals surface area contributed by atoms with E-state index in [2.05, 4.69) is 73.9 Å². The monoisotopic (exact) mass is 458 g/mol. The van der Waals surface area contributed by atoms with Crippen LogP contribution in [0.4, 0.5) is 5.69 Å². The first-order chi connectivity index (χ1) is 16.6. The zero-order chi connectivity index (χ0) is 24.2. The van der Waals surface area contributed by atoms with Gasteiger partial charge in [-0.3, -0.25) is 4.90 Å². The first-order valence-electron chi connectivity index (χ1n) is 12.2. The van der Waals surface area contributed by atoms with E-state index in [-0.39, 0.29) is 12.0 Å². The van der Waals surface area contributed by atoms with E-state index in [4.69, 9.17) is 9.47 Å². The Kier molecular flexibility index (Phi) is 7.23. The summed E-state index contributed by atoms with van der Waals surface area (Å²) < 4.78 is 11.7. The van der Waals surface area contributed by atoms with Gasteiger partial charge in [0, 0.05) is 41.6 Å². The second-order valence-corrected chi connectivity index (χ2v) is 8.38. The number of nitrogens with zero attached hydrogens (tertiary/aromatic N) is 2. The summed E-state index contributed by atoms with van der Waals surface area (Å²) in [5.41, 5.74) is 5.48. The van der Waals surface area contributed by atoms with Crippen LogP contribution in [0.25, 0.3) is 5.57 Å². The number of ether oxygens (including phenoxy) is 2. The highest BCUT2D eigenvalue weighted by Crippen LogP contribution is 2.45. The van der Waals surface area contributed by atoms with Crippen molar-refractivity contribution in [2.24, 2.45) is 0 Å². The minimum atomic E-state index is -0.345. The Labute approximate surface area is 203 Å². The Balaban J connectivity index is 1.94. The third-order valence-electron chi connectivity index (χ3n) is 6.74. The number of allylic oxidation sites excluding steroid dienone is 1. The molecule has 5 heteroatoms. The van der Waals surface area contributed by atoms with Crippen LogP contribution >= 0.6 is 0 Å². The van der Waals surface area contributed by atoms with E-state index in [0.29, 0.717) is 5.56 Å². The quantitative estimate of drug-likeness (QED) is 0.476. The Morgan fingerprint density at radius 1 is 0.971 bits per heavy atom. The van der Waals surface area contributed by atoms with E-state index in [1.165, 1.54) is 7.11 Å². The van der Waals surface area contributed by atoms with Crippen molar-refractivity contribution in [2.75, 3.05) is 38.2 Å². The molecule has 2 aromatic carbocycles. The molecule has 178 valence electrons. The Morgan fingerprint density at radius 3 is 2.38 bits per heavy atom. The van der Waals surface area contributed by atoms with E-state index in [0.717, 1.165) is 65.6 Å². The van der Waals surface area contributed by atoms with Crippen molar-refractivity contribution >= 4 is 17.2 Å². The van der Waals surface area contributed by atoms with Gasteiger partial charge in [0.05, 0.1) is 18.7 Å². The molecule has 2 aliphatic rings. The van der Waals surface area contributed by atoms with Gasteiger partial charge in [0.1, 0.15) is 11.5 Å². The third-order valence-corrected chi connectivity index (χ3v) is 6.74. The lowest BCUT2D eigenvalue weighted by atomic mass is 9.85. The molecule has 0 N–H and O–H groups in total. The third kappa shape index (κ3) is 4.28. The number of likely N-dealkylation sites (N-methyl/N-ethyl adjacent to an activating group) is 1. The molecule has 1 aliphatic heterocycles. The Bertz CT molecular complexity index is 1150. The number of benzene rings is 2. The molecule has 0 spiro atoms. The molecule has 0 amide bonds. The van der Waals surface area contributed by atoms with Crippen molar-refractivity contribution < 1.29 is 14.3 Å². The molecule has 1 heterocycles. The summed E-state index contributed by atoms with van der Waals surface area (Å²) in [5.74, 6) is 1.30. The summed E-state index contributed by atoms with van der Waals surface area (Å²) in [6, 6.07) is 14.2. The number of methoxy groups -OCH3 is 1. The molecule has 2 aromatic rings. The highest BCUT2D eigenvalue weighted by molar-refractivity contribution is 6.01. The van der Waals surface area contributed by atoms with Gasteiger partial charge in [-0.15, -0.1) is 0 Å². The molecule has 0 radical (unpaired) electrons. The number of fused-ring (bicyclic) bond motifs is 2. The molecule has 0 fully saturated rings. The average Bonchev–Trinajstić information content (AvgIpc) is 2.88. The van der Waals surface area contributed by atoms with Gasteiger partial charge in [0.25, 0.3) is 0 Å². The van der Waals surface area contributed by atoms with Crippen molar-refractivity contribution in [2.45, 2.75) is 33.7 Å². The second-order valence-electron chi connectivity index (χ2n) is 8.38. The lowest BCUT2D eigenvalue weighted by molar-refractivity contribution is 0.0600. The van der Waals surface area contributed by atoms with Gasteiger partial charge in [-0.1, -0.05) is 44.2 Å². The van der Waals surface area contributed by atoms with Gasteiger partial charge in [-0.25, -0.2) is 4.79 Å². The fourth-order valence-electron chi connectivity index (χ4n) is 4.88. The highest BCUT2D eigenvalue weighted by Gasteiger charge is 2.30. The molecule has 1 unspecified atom stereocenters. The maximum atomic E-state index is 12.7. The first-order valence-corrected chi connectivity index (χ1v) is 12.2. The molecule has 0 aromatic heterocycles. The van der Waals surface area contributed by atoms with Gasteiger partial charge >= 0.3 is 5.97 Å². The summed E-state index contributed by atoms with van der Waals surface area (Å²) in [6.07, 6.45) is 6.55. The van der Waals surface area contributed by atoms with E-state index in [1.54, 1.807) is 0 Å². The SMILES string of the molecule is CCN(CC)c1ccc2c(c1)OC1=CC(N(CC)CC)C=CC1=C2c1ccccc1C(=O)OC. The number of hydrogen-bond acceptors (Lipinski definition) is 5. The minimum absolute atomic E-state index is 0.165. The molecule has 4 rings (SSSR count). The number of anilines is 1. The van der Waals surface area contributed by atoms with Crippen LogP contribution < -0.4 is 9.64 Å². The van der Waals surface area contributed by atoms with Gasteiger partial charge in [-0.05, 0) is 56.8 Å². The molecule has 5 nitrogen and oxygen atoms in total. The van der Waals surface area contributed by atoms with Crippen LogP contribution in [0.1, 0.15) is 49.2 Å². The summed E-state index contributed by atoms with van der Waals surface area (Å²) in [4.78, 5) is 17.4. The van der Waals surface area contributed by atoms with E-state index >= 15 is 0 Å². The number of rotatable bonds is 8. The smallest absolute Gasteiger partial charge is 0.338 e. The molecule has 34 heavy (non-hydrogen) atoms. The lowest BCUT2D eigenvalue weighted by Gasteiger charge is -2.33. The maximum absolute atomic E-state index is 12.7. The zero-order valence-electron chi connectivity index (χ0n) is 20.8. The fraction of sp³-hybridized carbons (Fsp3) is 0.345. The molecule has 1 atom stereocenters. The molecule has 0 bridgehead atoms. The standard InChI is InChI=1S/C29H34N2O3/c1-6-30(7-2)20-14-16-24-26(18-20)34-27-19-21(31(8-3)9-4)15-17-25(27)28(24)22-12-10-11-13-23(22)29(32)33-5/h10-20H,6-9H2,1-5H3. The predicted molar refractivity (Wildman–Crippen MR) is 138 cm³/mol. The number of hydrogen-bond donors (Lipinski definition) is 0. The van der Waals surface area contributed by atoms with Gasteiger partial charge < -0.3 is 14.4 Å². The van der Waals surface area contributed by atoms with Crippen molar-refractivity contribution in [3.05, 3.63) is 88.7 Å². The topological polar surface area (TPSA) is 42.0 Å². The summed E-state index contributed by atoms with van der Waals surface area (Å²) in [7, 11) is 1.42. The van der Waals surface area contributed by atoms with Crippen LogP contribution in [-0.2, 0) is 4.74 Å². The summed E-state index contributed by atoms with van der Waals surface area (Å²) in [5, 5.41) is 0. The van der Waals surface area contributed by atoms with Crippen LogP contribution in [0, 0.1) is 0 Å². The maximum Gasteiger partial charge on any atom is 0.338 e. The average molecular weight is 459 g/mol. The summed E-state index contributed by atoms with van der Waals surface area (Å²) in [6.45, 7) is 12.4. The Morgan fingerprint density at radius 2 is 1.71 bits per heavy atom. The predicted octanol–water partition coefficient (Wildman–Crippen LogP) is 5.68. The lowest BCUT2D eigenvalue weighted by Crippen LogP contribution is -2.34. The number of carbonyl (C=O) groups is 1. The largest absolute Gasteiger partial charge is 0.465 e. The van der Waals surface area contributed by atoms with Gasteiger partial charge in [0.15, 0.2) is 0 Å². The Hall–Kier alpha value is -3.31. The minimum Gasteiger partial charge on any atom is -0.465 e. The van der Waals surface area contributed by atoms with Gasteiger partial charge in [0.2, 0.25) is 0 Å². The number of carbonyl (C=O) groups excluding carboxylic acids is 1. The van der Waals surface area contributed by atoms with Crippen molar-refractivity contribution in [3.63, 3.8) is 0 Å². The van der Waals surface area contributed by atoms with Crippen molar-refractivity contribution in [1.82, 2.24) is 4.90 Å². The van der Waals surface area contributed by atoms with Crippen molar-refractivity contribution in [1.29, 1.82) is 0 Å². The van der Waals surface area contributed by atoms with E-state index in [1.807, 2.05) is 24.3 Å². The molecule has 0 saturated heterocycles. The van der Waals surface area contributed by atoms with Crippen LogP contribution in [0.15, 0.2) is 72.0 Å². The second kappa shape index (κ2) is 10.3. The summed E-state index contributed by atoms with van der Waals surface area (Å²) >= 11 is 0. The zero-order valence-corrected chi connectivity index (χ0v) is 20.8. The van der Waals surface area contributed by atoms with Crippen LogP contribution in [-0.4, -0.2) is 50.2 Å². The van der Waals surface area contributed by atoms with Crippen LogP contribution in [0.3, 0.4) is 0 Å². The van der Waals surface area contributed by atoms with Crippen molar-refractivity contribution in [3.8, 4) is 5.75 Å². The molecular weight excluding hydrogens is 424 g/mol. The molecular formula is C29H34N2O3. The first kappa shape index (κ1) is 23.8. The van der Waals surface area contributed by atoms with Crippen LogP contribution in [0.2, 0.25) is 0 Å². The molecule has 0 saturated carbocycles.